The molecular weight excluding hydrogens is 416 g/mol. The van der Waals surface area contributed by atoms with Crippen LogP contribution in [-0.2, 0) is 4.74 Å². The van der Waals surface area contributed by atoms with Gasteiger partial charge >= 0.3 is 6.09 Å². The van der Waals surface area contributed by atoms with E-state index >= 15 is 0 Å². The molecule has 1 saturated heterocycles. The molecule has 1 fully saturated rings. The molecule has 1 aliphatic rings. The van der Waals surface area contributed by atoms with Crippen molar-refractivity contribution in [2.24, 2.45) is 5.92 Å². The third-order valence-electron chi connectivity index (χ3n) is 5.40. The van der Waals surface area contributed by atoms with Crippen molar-refractivity contribution in [1.82, 2.24) is 20.0 Å². The zero-order chi connectivity index (χ0) is 22.8. The number of aromatic nitrogens is 2. The molecule has 0 aliphatic carbocycles. The minimum absolute atomic E-state index is 0.0245. The predicted octanol–water partition coefficient (Wildman–Crippen LogP) is 4.52. The molecule has 0 spiro atoms. The quantitative estimate of drug-likeness (QED) is 0.749. The molecule has 0 radical (unpaired) electrons. The van der Waals surface area contributed by atoms with Gasteiger partial charge in [0, 0.05) is 25.2 Å². The Labute approximate surface area is 188 Å². The maximum absolute atomic E-state index is 12.9. The van der Waals surface area contributed by atoms with Crippen LogP contribution in [0.5, 0.6) is 0 Å². The summed E-state index contributed by atoms with van der Waals surface area (Å²) in [5, 5.41) is 7.94. The fraction of sp³-hybridized carbons (Fsp3) is 0.522. The molecule has 0 atom stereocenters. The Morgan fingerprint density at radius 3 is 2.29 bits per heavy atom. The van der Waals surface area contributed by atoms with E-state index in [0.29, 0.717) is 36.1 Å². The van der Waals surface area contributed by atoms with Gasteiger partial charge in [0.1, 0.15) is 5.60 Å². The van der Waals surface area contributed by atoms with Crippen LogP contribution in [0.25, 0.3) is 5.69 Å². The third kappa shape index (κ3) is 5.79. The van der Waals surface area contributed by atoms with E-state index in [1.807, 2.05) is 63.8 Å². The number of alkyl carbamates (subject to hydrolysis) is 1. The van der Waals surface area contributed by atoms with Crippen molar-refractivity contribution in [1.29, 1.82) is 0 Å². The number of nitrogens with zero attached hydrogens (tertiary/aromatic N) is 3. The molecule has 2 amide bonds. The van der Waals surface area contributed by atoms with E-state index in [1.54, 1.807) is 4.68 Å². The first kappa shape index (κ1) is 23.1. The molecule has 1 N–H and O–H groups in total. The lowest BCUT2D eigenvalue weighted by Crippen LogP contribution is -2.42. The number of aryl methyl sites for hydroxylation is 1. The van der Waals surface area contributed by atoms with Crippen LogP contribution in [0.1, 0.15) is 55.4 Å². The molecule has 3 rings (SSSR count). The van der Waals surface area contributed by atoms with E-state index in [9.17, 15) is 9.59 Å². The molecule has 7 nitrogen and oxygen atoms in total. The Morgan fingerprint density at radius 2 is 1.77 bits per heavy atom. The van der Waals surface area contributed by atoms with Crippen molar-refractivity contribution >= 4 is 23.6 Å². The van der Waals surface area contributed by atoms with E-state index in [0.717, 1.165) is 29.9 Å². The minimum atomic E-state index is -0.503. The highest BCUT2D eigenvalue weighted by atomic mass is 35.5. The normalized spacial score (nSPS) is 15.1. The summed E-state index contributed by atoms with van der Waals surface area (Å²) in [6.45, 7) is 11.2. The molecule has 168 valence electrons. The summed E-state index contributed by atoms with van der Waals surface area (Å²) < 4.78 is 7.06. The van der Waals surface area contributed by atoms with Crippen LogP contribution in [0.15, 0.2) is 24.3 Å². The highest BCUT2D eigenvalue weighted by Crippen LogP contribution is 2.23. The summed E-state index contributed by atoms with van der Waals surface area (Å²) in [7, 11) is 0. The number of rotatable bonds is 4. The van der Waals surface area contributed by atoms with Gasteiger partial charge in [-0.25, -0.2) is 9.48 Å². The Morgan fingerprint density at radius 1 is 1.16 bits per heavy atom. The van der Waals surface area contributed by atoms with Crippen LogP contribution < -0.4 is 5.32 Å². The number of ether oxygens (including phenoxy) is 1. The van der Waals surface area contributed by atoms with Crippen molar-refractivity contribution in [3.8, 4) is 5.69 Å². The molecule has 1 aromatic carbocycles. The number of carbonyl (C=O) groups excluding carboxylic acids is 2. The average Bonchev–Trinajstić information content (AvgIpc) is 2.98. The average molecular weight is 447 g/mol. The SMILES string of the molecule is Cc1nn(-c2ccc(C(=O)N3CCC(CNC(=O)OC(C)(C)C)CC3)cc2)c(C)c1Cl. The standard InChI is InChI=1S/C23H31ClN4O3/c1-15-20(24)16(2)28(26-15)19-8-6-18(7-9-19)21(29)27-12-10-17(11-13-27)14-25-22(30)31-23(3,4)5/h6-9,17H,10-14H2,1-5H3,(H,25,30). The van der Waals surface area contributed by atoms with Gasteiger partial charge < -0.3 is 15.0 Å². The van der Waals surface area contributed by atoms with Gasteiger partial charge in [-0.2, -0.15) is 5.10 Å². The first-order valence-electron chi connectivity index (χ1n) is 10.6. The fourth-order valence-corrected chi connectivity index (χ4v) is 3.80. The molecule has 0 unspecified atom stereocenters. The van der Waals surface area contributed by atoms with Crippen molar-refractivity contribution in [3.63, 3.8) is 0 Å². The number of likely N-dealkylation sites (tertiary alicyclic amines) is 1. The van der Waals surface area contributed by atoms with Crippen molar-refractivity contribution in [3.05, 3.63) is 46.2 Å². The molecule has 2 aromatic rings. The summed E-state index contributed by atoms with van der Waals surface area (Å²) in [4.78, 5) is 26.6. The van der Waals surface area contributed by atoms with Gasteiger partial charge in [0.2, 0.25) is 0 Å². The Hall–Kier alpha value is -2.54. The van der Waals surface area contributed by atoms with Crippen LogP contribution in [0.4, 0.5) is 4.79 Å². The van der Waals surface area contributed by atoms with E-state index in [2.05, 4.69) is 10.4 Å². The van der Waals surface area contributed by atoms with E-state index < -0.39 is 11.7 Å². The number of piperidine rings is 1. The molecule has 31 heavy (non-hydrogen) atoms. The van der Waals surface area contributed by atoms with Crippen LogP contribution in [0.3, 0.4) is 0 Å². The van der Waals surface area contributed by atoms with Crippen LogP contribution in [-0.4, -0.2) is 51.9 Å². The van der Waals surface area contributed by atoms with Gasteiger partial charge in [0.15, 0.2) is 0 Å². The summed E-state index contributed by atoms with van der Waals surface area (Å²) in [5.74, 6) is 0.367. The number of benzene rings is 1. The smallest absolute Gasteiger partial charge is 0.407 e. The third-order valence-corrected chi connectivity index (χ3v) is 5.94. The van der Waals surface area contributed by atoms with Gasteiger partial charge in [0.05, 0.1) is 22.1 Å². The highest BCUT2D eigenvalue weighted by molar-refractivity contribution is 6.31. The predicted molar refractivity (Wildman–Crippen MR) is 121 cm³/mol. The van der Waals surface area contributed by atoms with Crippen molar-refractivity contribution in [2.45, 2.75) is 53.1 Å². The first-order chi connectivity index (χ1) is 14.5. The van der Waals surface area contributed by atoms with E-state index in [-0.39, 0.29) is 5.91 Å². The Kier molecular flexibility index (Phi) is 6.94. The van der Waals surface area contributed by atoms with Crippen LogP contribution >= 0.6 is 11.6 Å². The van der Waals surface area contributed by atoms with Gasteiger partial charge in [0.25, 0.3) is 5.91 Å². The number of hydrogen-bond donors (Lipinski definition) is 1. The van der Waals surface area contributed by atoms with Crippen molar-refractivity contribution < 1.29 is 14.3 Å². The number of halogens is 1. The second-order valence-corrected chi connectivity index (χ2v) is 9.44. The number of nitrogens with one attached hydrogen (secondary N) is 1. The number of hydrogen-bond acceptors (Lipinski definition) is 4. The zero-order valence-corrected chi connectivity index (χ0v) is 19.6. The lowest BCUT2D eigenvalue weighted by molar-refractivity contribution is 0.0500. The maximum atomic E-state index is 12.9. The lowest BCUT2D eigenvalue weighted by atomic mass is 9.96. The largest absolute Gasteiger partial charge is 0.444 e. The maximum Gasteiger partial charge on any atom is 0.407 e. The summed E-state index contributed by atoms with van der Waals surface area (Å²) in [6, 6.07) is 7.44. The number of amides is 2. The van der Waals surface area contributed by atoms with E-state index in [4.69, 9.17) is 16.3 Å². The van der Waals surface area contributed by atoms with Crippen LogP contribution in [0.2, 0.25) is 5.02 Å². The fourth-order valence-electron chi connectivity index (χ4n) is 3.68. The second-order valence-electron chi connectivity index (χ2n) is 9.06. The topological polar surface area (TPSA) is 76.5 Å². The zero-order valence-electron chi connectivity index (χ0n) is 18.9. The molecular formula is C23H31ClN4O3. The summed E-state index contributed by atoms with van der Waals surface area (Å²) in [5.41, 5.74) is 2.68. The molecule has 0 bridgehead atoms. The van der Waals surface area contributed by atoms with Gasteiger partial charge in [-0.3, -0.25) is 4.79 Å². The summed E-state index contributed by atoms with van der Waals surface area (Å²) in [6.07, 6.45) is 1.31. The number of carbonyl (C=O) groups is 2. The molecule has 0 saturated carbocycles. The Balaban J connectivity index is 1.52. The molecule has 8 heteroatoms. The van der Waals surface area contributed by atoms with Gasteiger partial charge in [-0.1, -0.05) is 11.6 Å². The minimum Gasteiger partial charge on any atom is -0.444 e. The Bertz CT molecular complexity index is 939. The molecule has 1 aromatic heterocycles. The highest BCUT2D eigenvalue weighted by Gasteiger charge is 2.25. The van der Waals surface area contributed by atoms with Crippen molar-refractivity contribution in [2.75, 3.05) is 19.6 Å². The summed E-state index contributed by atoms with van der Waals surface area (Å²) >= 11 is 6.24. The second kappa shape index (κ2) is 9.30. The molecule has 2 heterocycles. The first-order valence-corrected chi connectivity index (χ1v) is 11.0. The van der Waals surface area contributed by atoms with Gasteiger partial charge in [-0.05, 0) is 77.6 Å². The van der Waals surface area contributed by atoms with Crippen LogP contribution in [0, 0.1) is 19.8 Å². The lowest BCUT2D eigenvalue weighted by Gasteiger charge is -2.32. The molecule has 1 aliphatic heterocycles. The van der Waals surface area contributed by atoms with E-state index in [1.165, 1.54) is 0 Å². The monoisotopic (exact) mass is 446 g/mol. The van der Waals surface area contributed by atoms with Gasteiger partial charge in [-0.15, -0.1) is 0 Å².